The van der Waals surface area contributed by atoms with E-state index in [4.69, 9.17) is 5.73 Å². The SMILES string of the molecule is COC(=O)CN(C)C(=O)/C=C/c1ccc(C(N)=O)cc1. The predicted octanol–water partition coefficient (Wildman–Crippen LogP) is 0.430. The smallest absolute Gasteiger partial charge is 0.325 e. The Morgan fingerprint density at radius 2 is 1.85 bits per heavy atom. The maximum atomic E-state index is 11.7. The Bertz CT molecular complexity index is 535. The number of nitrogens with two attached hydrogens (primary N) is 1. The fourth-order valence-electron chi connectivity index (χ4n) is 1.39. The van der Waals surface area contributed by atoms with Crippen LogP contribution in [0.15, 0.2) is 30.3 Å². The van der Waals surface area contributed by atoms with Crippen LogP contribution in [0.2, 0.25) is 0 Å². The number of hydrogen-bond acceptors (Lipinski definition) is 4. The molecule has 0 bridgehead atoms. The lowest BCUT2D eigenvalue weighted by molar-refractivity contribution is -0.144. The molecule has 106 valence electrons. The van der Waals surface area contributed by atoms with Gasteiger partial charge < -0.3 is 15.4 Å². The summed E-state index contributed by atoms with van der Waals surface area (Å²) in [6.07, 6.45) is 2.92. The fraction of sp³-hybridized carbons (Fsp3) is 0.214. The highest BCUT2D eigenvalue weighted by atomic mass is 16.5. The molecule has 1 aromatic rings. The first-order valence-electron chi connectivity index (χ1n) is 5.84. The molecule has 0 radical (unpaired) electrons. The molecule has 0 aliphatic rings. The standard InChI is InChI=1S/C14H16N2O4/c1-16(9-13(18)20-2)12(17)8-5-10-3-6-11(7-4-10)14(15)19/h3-8H,9H2,1-2H3,(H2,15,19)/b8-5+. The summed E-state index contributed by atoms with van der Waals surface area (Å²) in [7, 11) is 2.76. The Kier molecular flexibility index (Phi) is 5.46. The van der Waals surface area contributed by atoms with Crippen LogP contribution in [0.25, 0.3) is 6.08 Å². The van der Waals surface area contributed by atoms with Gasteiger partial charge in [0.1, 0.15) is 6.54 Å². The molecule has 20 heavy (non-hydrogen) atoms. The first-order chi connectivity index (χ1) is 9.43. The van der Waals surface area contributed by atoms with Crippen molar-refractivity contribution in [2.45, 2.75) is 0 Å². The van der Waals surface area contributed by atoms with Crippen molar-refractivity contribution in [2.24, 2.45) is 5.73 Å². The van der Waals surface area contributed by atoms with E-state index in [0.29, 0.717) is 5.56 Å². The molecule has 0 unspecified atom stereocenters. The highest BCUT2D eigenvalue weighted by Gasteiger charge is 2.10. The molecular formula is C14H16N2O4. The van der Waals surface area contributed by atoms with E-state index >= 15 is 0 Å². The van der Waals surface area contributed by atoms with E-state index in [1.165, 1.54) is 25.1 Å². The van der Waals surface area contributed by atoms with E-state index in [9.17, 15) is 14.4 Å². The molecule has 0 aromatic heterocycles. The molecule has 0 aliphatic heterocycles. The molecular weight excluding hydrogens is 260 g/mol. The van der Waals surface area contributed by atoms with Crippen LogP contribution in [0.5, 0.6) is 0 Å². The molecule has 6 heteroatoms. The summed E-state index contributed by atoms with van der Waals surface area (Å²) in [5.41, 5.74) is 6.27. The van der Waals surface area contributed by atoms with Gasteiger partial charge >= 0.3 is 5.97 Å². The lowest BCUT2D eigenvalue weighted by Crippen LogP contribution is -2.31. The van der Waals surface area contributed by atoms with Crippen molar-refractivity contribution < 1.29 is 19.1 Å². The van der Waals surface area contributed by atoms with Gasteiger partial charge in [-0.1, -0.05) is 12.1 Å². The quantitative estimate of drug-likeness (QED) is 0.624. The second kappa shape index (κ2) is 7.08. The fourth-order valence-corrected chi connectivity index (χ4v) is 1.39. The summed E-state index contributed by atoms with van der Waals surface area (Å²) in [4.78, 5) is 34.9. The lowest BCUT2D eigenvalue weighted by atomic mass is 10.1. The van der Waals surface area contributed by atoms with Crippen LogP contribution < -0.4 is 5.73 Å². The topological polar surface area (TPSA) is 89.7 Å². The molecule has 1 aromatic carbocycles. The van der Waals surface area contributed by atoms with Crippen LogP contribution in [-0.2, 0) is 14.3 Å². The zero-order valence-electron chi connectivity index (χ0n) is 11.3. The van der Waals surface area contributed by atoms with Crippen molar-refractivity contribution in [1.29, 1.82) is 0 Å². The highest BCUT2D eigenvalue weighted by Crippen LogP contribution is 2.06. The van der Waals surface area contributed by atoms with Crippen molar-refractivity contribution in [3.05, 3.63) is 41.5 Å². The van der Waals surface area contributed by atoms with Gasteiger partial charge in [0.05, 0.1) is 7.11 Å². The van der Waals surface area contributed by atoms with E-state index in [1.807, 2.05) is 0 Å². The summed E-state index contributed by atoms with van der Waals surface area (Å²) >= 11 is 0. The minimum atomic E-state index is -0.505. The largest absolute Gasteiger partial charge is 0.468 e. The number of ether oxygens (including phenoxy) is 1. The van der Waals surface area contributed by atoms with Gasteiger partial charge in [-0.05, 0) is 23.8 Å². The molecule has 0 saturated heterocycles. The number of likely N-dealkylation sites (N-methyl/N-ethyl adjacent to an activating group) is 1. The van der Waals surface area contributed by atoms with Gasteiger partial charge in [-0.3, -0.25) is 14.4 Å². The van der Waals surface area contributed by atoms with Crippen molar-refractivity contribution >= 4 is 23.9 Å². The molecule has 2 N–H and O–H groups in total. The maximum absolute atomic E-state index is 11.7. The number of methoxy groups -OCH3 is 1. The van der Waals surface area contributed by atoms with Gasteiger partial charge in [0.15, 0.2) is 0 Å². The normalized spacial score (nSPS) is 10.3. The molecule has 0 fully saturated rings. The first kappa shape index (κ1) is 15.4. The number of hydrogen-bond donors (Lipinski definition) is 1. The summed E-state index contributed by atoms with van der Waals surface area (Å²) in [6, 6.07) is 6.49. The first-order valence-corrected chi connectivity index (χ1v) is 5.84. The van der Waals surface area contributed by atoms with E-state index < -0.39 is 11.9 Å². The van der Waals surface area contributed by atoms with Crippen LogP contribution in [0.3, 0.4) is 0 Å². The molecule has 0 heterocycles. The number of rotatable bonds is 5. The van der Waals surface area contributed by atoms with Crippen LogP contribution in [0, 0.1) is 0 Å². The monoisotopic (exact) mass is 276 g/mol. The van der Waals surface area contributed by atoms with Crippen LogP contribution in [0.1, 0.15) is 15.9 Å². The Hall–Kier alpha value is -2.63. The maximum Gasteiger partial charge on any atom is 0.325 e. The van der Waals surface area contributed by atoms with Gasteiger partial charge in [-0.15, -0.1) is 0 Å². The summed E-state index contributed by atoms with van der Waals surface area (Å²) in [5, 5.41) is 0. The number of carbonyl (C=O) groups excluding carboxylic acids is 3. The zero-order chi connectivity index (χ0) is 15.1. The lowest BCUT2D eigenvalue weighted by Gasteiger charge is -2.12. The zero-order valence-corrected chi connectivity index (χ0v) is 11.3. The van der Waals surface area contributed by atoms with Crippen molar-refractivity contribution in [2.75, 3.05) is 20.7 Å². The number of benzene rings is 1. The molecule has 0 atom stereocenters. The number of amides is 2. The minimum Gasteiger partial charge on any atom is -0.468 e. The molecule has 1 rings (SSSR count). The van der Waals surface area contributed by atoms with Gasteiger partial charge in [-0.2, -0.15) is 0 Å². The molecule has 0 spiro atoms. The highest BCUT2D eigenvalue weighted by molar-refractivity contribution is 5.94. The van der Waals surface area contributed by atoms with E-state index in [0.717, 1.165) is 5.56 Å². The van der Waals surface area contributed by atoms with Gasteiger partial charge in [-0.25, -0.2) is 0 Å². The molecule has 0 saturated carbocycles. The van der Waals surface area contributed by atoms with Gasteiger partial charge in [0, 0.05) is 18.7 Å². The minimum absolute atomic E-state index is 0.111. The third kappa shape index (κ3) is 4.56. The molecule has 6 nitrogen and oxygen atoms in total. The van der Waals surface area contributed by atoms with Gasteiger partial charge in [0.25, 0.3) is 0 Å². The predicted molar refractivity (Wildman–Crippen MR) is 73.6 cm³/mol. The Balaban J connectivity index is 2.65. The third-order valence-corrected chi connectivity index (χ3v) is 2.58. The van der Waals surface area contributed by atoms with Crippen LogP contribution in [0.4, 0.5) is 0 Å². The number of carbonyl (C=O) groups is 3. The Morgan fingerprint density at radius 1 is 1.25 bits per heavy atom. The van der Waals surface area contributed by atoms with E-state index in [-0.39, 0.29) is 12.5 Å². The van der Waals surface area contributed by atoms with Crippen LogP contribution >= 0.6 is 0 Å². The second-order valence-electron chi connectivity index (χ2n) is 4.09. The van der Waals surface area contributed by atoms with Crippen molar-refractivity contribution in [3.63, 3.8) is 0 Å². The summed E-state index contributed by atoms with van der Waals surface area (Å²) in [5.74, 6) is -1.32. The Morgan fingerprint density at radius 3 is 2.35 bits per heavy atom. The summed E-state index contributed by atoms with van der Waals surface area (Å²) in [6.45, 7) is -0.111. The molecule has 0 aliphatic carbocycles. The summed E-state index contributed by atoms with van der Waals surface area (Å²) < 4.78 is 4.47. The second-order valence-corrected chi connectivity index (χ2v) is 4.09. The van der Waals surface area contributed by atoms with Crippen molar-refractivity contribution in [1.82, 2.24) is 4.90 Å². The number of primary amides is 1. The van der Waals surface area contributed by atoms with E-state index in [2.05, 4.69) is 4.74 Å². The number of nitrogens with zero attached hydrogens (tertiary/aromatic N) is 1. The van der Waals surface area contributed by atoms with Crippen LogP contribution in [-0.4, -0.2) is 43.4 Å². The average molecular weight is 276 g/mol. The average Bonchev–Trinajstić information content (AvgIpc) is 2.44. The molecule has 2 amide bonds. The van der Waals surface area contributed by atoms with Gasteiger partial charge in [0.2, 0.25) is 11.8 Å². The van der Waals surface area contributed by atoms with E-state index in [1.54, 1.807) is 30.3 Å². The third-order valence-electron chi connectivity index (χ3n) is 2.58. The van der Waals surface area contributed by atoms with Crippen molar-refractivity contribution in [3.8, 4) is 0 Å². The Labute approximate surface area is 116 Å². The number of esters is 1.